The first-order valence-electron chi connectivity index (χ1n) is 7.54. The second-order valence-electron chi connectivity index (χ2n) is 6.21. The third-order valence-corrected chi connectivity index (χ3v) is 4.45. The number of carbonyl (C=O) groups is 1. The molecular formula is C14H27N3O2. The fourth-order valence-electron chi connectivity index (χ4n) is 2.68. The average Bonchev–Trinajstić information content (AvgIpc) is 2.36. The number of rotatable bonds is 5. The lowest BCUT2D eigenvalue weighted by Crippen LogP contribution is -2.50. The fraction of sp³-hybridized carbons (Fsp3) is 0.929. The van der Waals surface area contributed by atoms with Crippen LogP contribution in [0.2, 0.25) is 0 Å². The second-order valence-corrected chi connectivity index (χ2v) is 6.21. The minimum absolute atomic E-state index is 0.161. The minimum Gasteiger partial charge on any atom is -0.388 e. The number of hydrogen-bond acceptors (Lipinski definition) is 3. The van der Waals surface area contributed by atoms with E-state index in [2.05, 4.69) is 22.5 Å². The van der Waals surface area contributed by atoms with Crippen molar-refractivity contribution in [3.8, 4) is 0 Å². The smallest absolute Gasteiger partial charge is 0.314 e. The zero-order valence-corrected chi connectivity index (χ0v) is 12.0. The van der Waals surface area contributed by atoms with E-state index < -0.39 is 5.60 Å². The van der Waals surface area contributed by atoms with E-state index in [4.69, 9.17) is 0 Å². The zero-order valence-electron chi connectivity index (χ0n) is 12.0. The maximum atomic E-state index is 11.6. The number of aliphatic hydroxyl groups is 1. The molecule has 19 heavy (non-hydrogen) atoms. The molecule has 1 saturated carbocycles. The Hall–Kier alpha value is -0.810. The lowest BCUT2D eigenvalue weighted by Gasteiger charge is -2.36. The average molecular weight is 269 g/mol. The highest BCUT2D eigenvalue weighted by molar-refractivity contribution is 5.73. The molecule has 5 heteroatoms. The molecule has 0 aromatic rings. The first-order chi connectivity index (χ1) is 9.07. The largest absolute Gasteiger partial charge is 0.388 e. The van der Waals surface area contributed by atoms with Gasteiger partial charge in [-0.25, -0.2) is 4.79 Å². The Morgan fingerprint density at radius 2 is 2.00 bits per heavy atom. The van der Waals surface area contributed by atoms with Gasteiger partial charge in [-0.15, -0.1) is 0 Å². The lowest BCUT2D eigenvalue weighted by atomic mass is 9.80. The van der Waals surface area contributed by atoms with Gasteiger partial charge in [0.2, 0.25) is 0 Å². The number of urea groups is 1. The first kappa shape index (κ1) is 14.6. The van der Waals surface area contributed by atoms with E-state index in [0.717, 1.165) is 44.8 Å². The van der Waals surface area contributed by atoms with Crippen molar-refractivity contribution >= 4 is 6.03 Å². The first-order valence-corrected chi connectivity index (χ1v) is 7.54. The normalized spacial score (nSPS) is 23.7. The van der Waals surface area contributed by atoms with Crippen LogP contribution in [0.4, 0.5) is 4.79 Å². The number of likely N-dealkylation sites (tertiary alicyclic amines) is 1. The molecule has 3 N–H and O–H groups in total. The number of amides is 2. The molecule has 2 fully saturated rings. The quantitative estimate of drug-likeness (QED) is 0.696. The van der Waals surface area contributed by atoms with E-state index in [0.29, 0.717) is 13.1 Å². The molecule has 2 aliphatic rings. The highest BCUT2D eigenvalue weighted by Crippen LogP contribution is 2.30. The van der Waals surface area contributed by atoms with Crippen LogP contribution in [-0.2, 0) is 0 Å². The molecule has 1 aliphatic carbocycles. The summed E-state index contributed by atoms with van der Waals surface area (Å²) in [5.74, 6) is 0.843. The van der Waals surface area contributed by atoms with Crippen LogP contribution in [0.15, 0.2) is 0 Å². The maximum absolute atomic E-state index is 11.6. The van der Waals surface area contributed by atoms with Gasteiger partial charge in [0, 0.05) is 19.6 Å². The van der Waals surface area contributed by atoms with Gasteiger partial charge < -0.3 is 20.6 Å². The van der Waals surface area contributed by atoms with Crippen molar-refractivity contribution in [3.63, 3.8) is 0 Å². The summed E-state index contributed by atoms with van der Waals surface area (Å²) in [6.45, 7) is 6.56. The Bertz CT molecular complexity index is 297. The van der Waals surface area contributed by atoms with Gasteiger partial charge in [-0.1, -0.05) is 6.92 Å². The van der Waals surface area contributed by atoms with Gasteiger partial charge in [0.15, 0.2) is 0 Å². The van der Waals surface area contributed by atoms with Crippen LogP contribution in [0.1, 0.15) is 39.0 Å². The highest BCUT2D eigenvalue weighted by atomic mass is 16.3. The predicted molar refractivity (Wildman–Crippen MR) is 75.0 cm³/mol. The summed E-state index contributed by atoms with van der Waals surface area (Å²) in [6.07, 6.45) is 5.20. The number of nitrogens with zero attached hydrogens (tertiary/aromatic N) is 1. The number of carbonyl (C=O) groups excluding carboxylic acids is 1. The molecular weight excluding hydrogens is 242 g/mol. The Labute approximate surface area is 115 Å². The Morgan fingerprint density at radius 1 is 1.32 bits per heavy atom. The van der Waals surface area contributed by atoms with E-state index in [-0.39, 0.29) is 6.03 Å². The van der Waals surface area contributed by atoms with E-state index >= 15 is 0 Å². The summed E-state index contributed by atoms with van der Waals surface area (Å²) in [5.41, 5.74) is -0.639. The minimum atomic E-state index is -0.639. The maximum Gasteiger partial charge on any atom is 0.314 e. The molecule has 0 aromatic heterocycles. The monoisotopic (exact) mass is 269 g/mol. The molecule has 2 rings (SSSR count). The molecule has 0 unspecified atom stereocenters. The van der Waals surface area contributed by atoms with Crippen molar-refractivity contribution in [1.82, 2.24) is 15.5 Å². The zero-order chi connectivity index (χ0) is 13.7. The molecule has 1 saturated heterocycles. The van der Waals surface area contributed by atoms with E-state index in [9.17, 15) is 9.90 Å². The SMILES string of the molecule is CC1CCN(CCNC(=O)NCC2(O)CCC2)CC1. The summed E-state index contributed by atoms with van der Waals surface area (Å²) >= 11 is 0. The molecule has 0 spiro atoms. The Balaban J connectivity index is 1.51. The van der Waals surface area contributed by atoms with Crippen molar-refractivity contribution in [3.05, 3.63) is 0 Å². The van der Waals surface area contributed by atoms with Gasteiger partial charge in [-0.3, -0.25) is 0 Å². The third-order valence-electron chi connectivity index (χ3n) is 4.45. The predicted octanol–water partition coefficient (Wildman–Crippen LogP) is 0.933. The van der Waals surface area contributed by atoms with Crippen LogP contribution in [0.3, 0.4) is 0 Å². The highest BCUT2D eigenvalue weighted by Gasteiger charge is 2.34. The van der Waals surface area contributed by atoms with Crippen molar-refractivity contribution in [1.29, 1.82) is 0 Å². The summed E-state index contributed by atoms with van der Waals surface area (Å²) in [6, 6.07) is -0.161. The number of piperidine rings is 1. The van der Waals surface area contributed by atoms with Gasteiger partial charge >= 0.3 is 6.03 Å². The van der Waals surface area contributed by atoms with Gasteiger partial charge in [-0.2, -0.15) is 0 Å². The molecule has 1 aliphatic heterocycles. The van der Waals surface area contributed by atoms with Crippen molar-refractivity contribution in [2.45, 2.75) is 44.6 Å². The number of hydrogen-bond donors (Lipinski definition) is 3. The van der Waals surface area contributed by atoms with Crippen LogP contribution in [-0.4, -0.2) is 54.4 Å². The van der Waals surface area contributed by atoms with Crippen LogP contribution in [0.25, 0.3) is 0 Å². The summed E-state index contributed by atoms with van der Waals surface area (Å²) in [5, 5.41) is 15.5. The molecule has 0 atom stereocenters. The Kier molecular flexibility index (Phi) is 5.05. The van der Waals surface area contributed by atoms with Gasteiger partial charge in [-0.05, 0) is 51.1 Å². The van der Waals surface area contributed by atoms with Crippen molar-refractivity contribution < 1.29 is 9.90 Å². The number of nitrogens with one attached hydrogen (secondary N) is 2. The van der Waals surface area contributed by atoms with Gasteiger partial charge in [0.05, 0.1) is 5.60 Å². The molecule has 1 heterocycles. The molecule has 5 nitrogen and oxygen atoms in total. The Morgan fingerprint density at radius 3 is 2.58 bits per heavy atom. The van der Waals surface area contributed by atoms with Crippen LogP contribution in [0.5, 0.6) is 0 Å². The van der Waals surface area contributed by atoms with Gasteiger partial charge in [0.25, 0.3) is 0 Å². The molecule has 0 aromatic carbocycles. The molecule has 0 bridgehead atoms. The molecule has 0 radical (unpaired) electrons. The van der Waals surface area contributed by atoms with E-state index in [1.807, 2.05) is 0 Å². The van der Waals surface area contributed by atoms with E-state index in [1.165, 1.54) is 12.8 Å². The summed E-state index contributed by atoms with van der Waals surface area (Å²) < 4.78 is 0. The standard InChI is InChI=1S/C14H27N3O2/c1-12-3-8-17(9-4-12)10-7-15-13(18)16-11-14(19)5-2-6-14/h12,19H,2-11H2,1H3,(H2,15,16,18). The van der Waals surface area contributed by atoms with Crippen LogP contribution >= 0.6 is 0 Å². The van der Waals surface area contributed by atoms with Crippen molar-refractivity contribution in [2.24, 2.45) is 5.92 Å². The van der Waals surface area contributed by atoms with Gasteiger partial charge in [0.1, 0.15) is 0 Å². The van der Waals surface area contributed by atoms with Crippen molar-refractivity contribution in [2.75, 3.05) is 32.7 Å². The summed E-state index contributed by atoms with van der Waals surface area (Å²) in [4.78, 5) is 14.0. The molecule has 110 valence electrons. The second kappa shape index (κ2) is 6.57. The lowest BCUT2D eigenvalue weighted by molar-refractivity contribution is -0.0290. The van der Waals surface area contributed by atoms with Crippen LogP contribution in [0, 0.1) is 5.92 Å². The topological polar surface area (TPSA) is 64.6 Å². The summed E-state index contributed by atoms with van der Waals surface area (Å²) in [7, 11) is 0. The molecule has 2 amide bonds. The fourth-order valence-corrected chi connectivity index (χ4v) is 2.68. The third kappa shape index (κ3) is 4.66. The van der Waals surface area contributed by atoms with Crippen LogP contribution < -0.4 is 10.6 Å². The van der Waals surface area contributed by atoms with E-state index in [1.54, 1.807) is 0 Å².